The molecule has 25 heteroatoms. The van der Waals surface area contributed by atoms with Crippen LogP contribution in [0.2, 0.25) is 0 Å². The highest BCUT2D eigenvalue weighted by molar-refractivity contribution is 5.97. The topological polar surface area (TPSA) is 410 Å². The molecule has 412 valence electrons. The molecule has 0 spiro atoms. The molecule has 0 aromatic heterocycles. The van der Waals surface area contributed by atoms with Gasteiger partial charge in [-0.2, -0.15) is 0 Å². The number of aryl methyl sites for hydroxylation is 1. The number of benzene rings is 3. The van der Waals surface area contributed by atoms with Gasteiger partial charge in [-0.3, -0.25) is 48.6 Å². The van der Waals surface area contributed by atoms with Crippen molar-refractivity contribution in [3.63, 3.8) is 0 Å². The van der Waals surface area contributed by atoms with Crippen molar-refractivity contribution in [3.8, 4) is 11.5 Å². The van der Waals surface area contributed by atoms with Gasteiger partial charge in [0, 0.05) is 32.7 Å². The average Bonchev–Trinajstić information content (AvgIpc) is 3.37. The first-order valence-electron chi connectivity index (χ1n) is 24.5. The minimum atomic E-state index is -1.58. The third-order valence-electron chi connectivity index (χ3n) is 11.8. The Hall–Kier alpha value is -8.77. The van der Waals surface area contributed by atoms with Crippen LogP contribution in [0.25, 0.3) is 0 Å². The highest BCUT2D eigenvalue weighted by Gasteiger charge is 2.34. The summed E-state index contributed by atoms with van der Waals surface area (Å²) in [5.74, 6) is -10.2. The summed E-state index contributed by atoms with van der Waals surface area (Å²) in [6.45, 7) is 3.47. The fraction of sp³-hybridized carbons (Fsp3) is 0.431. The third-order valence-corrected chi connectivity index (χ3v) is 11.8. The second-order valence-electron chi connectivity index (χ2n) is 17.9. The van der Waals surface area contributed by atoms with E-state index in [0.717, 1.165) is 0 Å². The van der Waals surface area contributed by atoms with E-state index in [1.54, 1.807) is 56.3 Å². The molecule has 0 saturated heterocycles. The first-order chi connectivity index (χ1) is 36.0. The number of carbonyl (C=O) groups is 10. The molecule has 3 rings (SSSR count). The van der Waals surface area contributed by atoms with Crippen LogP contribution in [0.5, 0.6) is 11.5 Å². The molecule has 0 fully saturated rings. The first kappa shape index (κ1) is 61.5. The van der Waals surface area contributed by atoms with Gasteiger partial charge in [-0.1, -0.05) is 74.9 Å². The van der Waals surface area contributed by atoms with E-state index < -0.39 is 127 Å². The van der Waals surface area contributed by atoms with E-state index in [1.807, 2.05) is 0 Å². The van der Waals surface area contributed by atoms with E-state index in [2.05, 4.69) is 47.9 Å². The molecule has 0 unspecified atom stereocenters. The predicted octanol–water partition coefficient (Wildman–Crippen LogP) is -1.06. The van der Waals surface area contributed by atoms with Crippen molar-refractivity contribution >= 4 is 65.2 Å². The zero-order valence-electron chi connectivity index (χ0n) is 42.5. The SMILES string of the molecule is CC[C@H](C)[C@H](NC(=O)[C@H](Cc1ccccc1)NC(=O)CNC(=O)[C@H](CCc1ccc(O)cc1)NC(=O)CNC(=O)[C@H](CCCNC(=N)N)NC(C)=O)C(=O)N[C@@H](CCC(=O)O)C(=O)N[C@@H](Cc1ccc(O)cc1)C(=O)O. The Morgan fingerprint density at radius 3 is 1.57 bits per heavy atom. The normalized spacial score (nSPS) is 13.5. The second-order valence-corrected chi connectivity index (χ2v) is 17.9. The van der Waals surface area contributed by atoms with Crippen LogP contribution in [0.15, 0.2) is 78.9 Å². The van der Waals surface area contributed by atoms with E-state index in [9.17, 15) is 68.4 Å². The number of aliphatic carboxylic acids is 2. The van der Waals surface area contributed by atoms with Gasteiger partial charge in [-0.25, -0.2) is 4.79 Å². The number of guanidine groups is 1. The van der Waals surface area contributed by atoms with Crippen molar-refractivity contribution < 1.29 is 68.4 Å². The Kier molecular flexibility index (Phi) is 25.7. The van der Waals surface area contributed by atoms with E-state index >= 15 is 0 Å². The van der Waals surface area contributed by atoms with E-state index in [0.29, 0.717) is 29.5 Å². The van der Waals surface area contributed by atoms with Gasteiger partial charge < -0.3 is 74.0 Å². The lowest BCUT2D eigenvalue weighted by atomic mass is 9.96. The van der Waals surface area contributed by atoms with Crippen LogP contribution in [-0.2, 0) is 67.2 Å². The maximum atomic E-state index is 14.2. The van der Waals surface area contributed by atoms with Gasteiger partial charge in [0.15, 0.2) is 5.96 Å². The quantitative estimate of drug-likeness (QED) is 0.0201. The number of nitrogens with one attached hydrogen (secondary N) is 10. The van der Waals surface area contributed by atoms with E-state index in [1.165, 1.54) is 43.3 Å². The van der Waals surface area contributed by atoms with Crippen LogP contribution in [0.1, 0.15) is 76.0 Å². The molecule has 0 bridgehead atoms. The van der Waals surface area contributed by atoms with Crippen LogP contribution in [0.3, 0.4) is 0 Å². The van der Waals surface area contributed by atoms with Gasteiger partial charge >= 0.3 is 11.9 Å². The molecule has 3 aromatic carbocycles. The number of hydrogen-bond donors (Lipinski definition) is 15. The molecular formula is C51H69N11O14. The average molecular weight is 1060 g/mol. The number of carboxylic acid groups (broad SMARTS) is 2. The molecule has 8 amide bonds. The van der Waals surface area contributed by atoms with E-state index in [4.69, 9.17) is 11.1 Å². The molecule has 0 radical (unpaired) electrons. The molecule has 16 N–H and O–H groups in total. The Labute approximate surface area is 438 Å². The van der Waals surface area contributed by atoms with Gasteiger partial charge in [-0.15, -0.1) is 0 Å². The highest BCUT2D eigenvalue weighted by Crippen LogP contribution is 2.15. The number of amides is 8. The van der Waals surface area contributed by atoms with Crippen molar-refractivity contribution in [1.82, 2.24) is 47.9 Å². The third kappa shape index (κ3) is 23.0. The van der Waals surface area contributed by atoms with Crippen LogP contribution in [-0.4, -0.2) is 141 Å². The fourth-order valence-electron chi connectivity index (χ4n) is 7.51. The molecule has 0 aliphatic heterocycles. The summed E-state index contributed by atoms with van der Waals surface area (Å²) in [5, 5.41) is 68.6. The summed E-state index contributed by atoms with van der Waals surface area (Å²) in [4.78, 5) is 131. The number of nitrogens with two attached hydrogens (primary N) is 1. The molecular weight excluding hydrogens is 991 g/mol. The Morgan fingerprint density at radius 1 is 0.553 bits per heavy atom. The van der Waals surface area contributed by atoms with Crippen LogP contribution < -0.4 is 53.6 Å². The van der Waals surface area contributed by atoms with Crippen molar-refractivity contribution in [2.45, 2.75) is 115 Å². The lowest BCUT2D eigenvalue weighted by molar-refractivity contribution is -0.143. The fourth-order valence-corrected chi connectivity index (χ4v) is 7.51. The van der Waals surface area contributed by atoms with Crippen LogP contribution in [0, 0.1) is 11.3 Å². The Morgan fingerprint density at radius 2 is 1.04 bits per heavy atom. The lowest BCUT2D eigenvalue weighted by Crippen LogP contribution is -2.60. The van der Waals surface area contributed by atoms with Crippen molar-refractivity contribution in [2.24, 2.45) is 11.7 Å². The molecule has 3 aromatic rings. The Balaban J connectivity index is 1.78. The van der Waals surface area contributed by atoms with Gasteiger partial charge in [0.2, 0.25) is 47.3 Å². The largest absolute Gasteiger partial charge is 0.508 e. The first-order valence-corrected chi connectivity index (χ1v) is 24.5. The highest BCUT2D eigenvalue weighted by atomic mass is 16.4. The number of carboxylic acids is 2. The number of phenolic OH excluding ortho intramolecular Hbond substituents is 2. The predicted molar refractivity (Wildman–Crippen MR) is 275 cm³/mol. The lowest BCUT2D eigenvalue weighted by Gasteiger charge is -2.29. The summed E-state index contributed by atoms with van der Waals surface area (Å²) < 4.78 is 0. The standard InChI is InChI=1S/C51H69N11O14/c1-4-29(2)44(49(74)60-38(22-23-43(68)69)47(72)61-40(50(75)76)26-33-14-19-35(65)20-15-33)62-48(73)39(25-32-9-6-5-7-10-32)59-42(67)28-56-46(71)37(21-16-31-12-17-34(64)18-13-31)58-41(66)27-55-45(70)36(57-30(3)63)11-8-24-54-51(52)53/h5-7,9-10,12-15,17-20,29,36-40,44,64-65H,4,8,11,16,21-28H2,1-3H3,(H,55,70)(H,56,71)(H,57,63)(H,58,66)(H,59,67)(H,60,74)(H,61,72)(H,62,73)(H,68,69)(H,75,76)(H4,52,53,54)/t29-,36-,37-,38-,39-,40-,44-/m0/s1. The van der Waals surface area contributed by atoms with Crippen molar-refractivity contribution in [2.75, 3.05) is 19.6 Å². The summed E-state index contributed by atoms with van der Waals surface area (Å²) in [6.07, 6.45) is -0.458. The summed E-state index contributed by atoms with van der Waals surface area (Å²) >= 11 is 0. The molecule has 76 heavy (non-hydrogen) atoms. The molecule has 7 atom stereocenters. The Bertz CT molecular complexity index is 2480. The maximum Gasteiger partial charge on any atom is 0.326 e. The van der Waals surface area contributed by atoms with Crippen LogP contribution >= 0.6 is 0 Å². The minimum Gasteiger partial charge on any atom is -0.508 e. The summed E-state index contributed by atoms with van der Waals surface area (Å²) in [5.41, 5.74) is 7.00. The number of hydrogen-bond acceptors (Lipinski definition) is 13. The number of carbonyl (C=O) groups excluding carboxylic acids is 8. The second kappa shape index (κ2) is 31.7. The van der Waals surface area contributed by atoms with Gasteiger partial charge in [-0.05, 0) is 79.0 Å². The van der Waals surface area contributed by atoms with Gasteiger partial charge in [0.1, 0.15) is 47.8 Å². The molecule has 25 nitrogen and oxygen atoms in total. The monoisotopic (exact) mass is 1060 g/mol. The van der Waals surface area contributed by atoms with Gasteiger partial charge in [0.25, 0.3) is 0 Å². The summed E-state index contributed by atoms with van der Waals surface area (Å²) in [7, 11) is 0. The maximum absolute atomic E-state index is 14.2. The molecule has 0 heterocycles. The van der Waals surface area contributed by atoms with Crippen molar-refractivity contribution in [1.29, 1.82) is 5.41 Å². The molecule has 0 saturated carbocycles. The minimum absolute atomic E-state index is 0.00292. The smallest absolute Gasteiger partial charge is 0.326 e. The zero-order chi connectivity index (χ0) is 56.3. The number of aromatic hydroxyl groups is 2. The number of rotatable bonds is 32. The van der Waals surface area contributed by atoms with E-state index in [-0.39, 0.29) is 56.1 Å². The van der Waals surface area contributed by atoms with Crippen LogP contribution in [0.4, 0.5) is 0 Å². The van der Waals surface area contributed by atoms with Gasteiger partial charge in [0.05, 0.1) is 13.1 Å². The van der Waals surface area contributed by atoms with Crippen molar-refractivity contribution in [3.05, 3.63) is 95.6 Å². The summed E-state index contributed by atoms with van der Waals surface area (Å²) in [6, 6.07) is 11.9. The number of phenols is 2. The zero-order valence-corrected chi connectivity index (χ0v) is 42.5. The molecule has 0 aliphatic rings. The molecule has 0 aliphatic carbocycles.